The Morgan fingerprint density at radius 1 is 1.25 bits per heavy atom. The molecule has 0 radical (unpaired) electrons. The predicted molar refractivity (Wildman–Crippen MR) is 75.4 cm³/mol. The lowest BCUT2D eigenvalue weighted by Crippen LogP contribution is -2.43. The Balaban J connectivity index is 1.76. The molecule has 2 heterocycles. The smallest absolute Gasteiger partial charge is 0.303 e. The van der Waals surface area contributed by atoms with Crippen molar-refractivity contribution >= 4 is 11.7 Å². The van der Waals surface area contributed by atoms with Crippen molar-refractivity contribution in [1.82, 2.24) is 0 Å². The molecule has 2 aliphatic heterocycles. The van der Waals surface area contributed by atoms with Gasteiger partial charge in [0.15, 0.2) is 0 Å². The fraction of sp³-hybridized carbons (Fsp3) is 0.500. The summed E-state index contributed by atoms with van der Waals surface area (Å²) in [5.74, 6) is -0.360. The molecule has 4 heteroatoms. The highest BCUT2D eigenvalue weighted by molar-refractivity contribution is 5.67. The molecule has 2 atom stereocenters. The number of fused-ring (bicyclic) bond motifs is 2. The van der Waals surface area contributed by atoms with Gasteiger partial charge in [0.05, 0.1) is 11.6 Å². The molecule has 2 unspecified atom stereocenters. The fourth-order valence-corrected chi connectivity index (χ4v) is 3.83. The van der Waals surface area contributed by atoms with Gasteiger partial charge in [0, 0.05) is 24.2 Å². The van der Waals surface area contributed by atoms with Gasteiger partial charge >= 0.3 is 5.97 Å². The first kappa shape index (κ1) is 13.0. The minimum absolute atomic E-state index is 0.300. The normalized spacial score (nSPS) is 28.1. The highest BCUT2D eigenvalue weighted by Crippen LogP contribution is 2.42. The molecule has 0 aliphatic carbocycles. The summed E-state index contributed by atoms with van der Waals surface area (Å²) in [6, 6.07) is 10.8. The SMILES string of the molecule is N#Cc1ccc(N2C3CCC2CC(CC(=O)O)C3)cc1. The van der Waals surface area contributed by atoms with E-state index in [0.717, 1.165) is 25.7 Å². The number of aliphatic carboxylic acids is 1. The molecule has 104 valence electrons. The number of carbonyl (C=O) groups is 1. The topological polar surface area (TPSA) is 64.3 Å². The van der Waals surface area contributed by atoms with Gasteiger partial charge in [0.25, 0.3) is 0 Å². The molecule has 3 rings (SSSR count). The van der Waals surface area contributed by atoms with Crippen LogP contribution in [0.4, 0.5) is 5.69 Å². The van der Waals surface area contributed by atoms with Crippen LogP contribution in [-0.2, 0) is 4.79 Å². The molecular formula is C16H18N2O2. The molecule has 2 saturated heterocycles. The van der Waals surface area contributed by atoms with Gasteiger partial charge in [0.2, 0.25) is 0 Å². The lowest BCUT2D eigenvalue weighted by atomic mass is 9.88. The lowest BCUT2D eigenvalue weighted by Gasteiger charge is -2.40. The maximum Gasteiger partial charge on any atom is 0.303 e. The van der Waals surface area contributed by atoms with E-state index in [1.165, 1.54) is 5.69 Å². The van der Waals surface area contributed by atoms with Crippen LogP contribution in [0.3, 0.4) is 0 Å². The van der Waals surface area contributed by atoms with Crippen LogP contribution in [0.15, 0.2) is 24.3 Å². The van der Waals surface area contributed by atoms with Crippen molar-refractivity contribution in [1.29, 1.82) is 5.26 Å². The molecule has 2 aliphatic rings. The number of carboxylic acids is 1. The van der Waals surface area contributed by atoms with E-state index in [9.17, 15) is 4.79 Å². The molecule has 0 aromatic heterocycles. The quantitative estimate of drug-likeness (QED) is 0.917. The van der Waals surface area contributed by atoms with E-state index in [0.29, 0.717) is 30.0 Å². The van der Waals surface area contributed by atoms with E-state index >= 15 is 0 Å². The van der Waals surface area contributed by atoms with Crippen molar-refractivity contribution in [2.75, 3.05) is 4.90 Å². The Morgan fingerprint density at radius 3 is 2.35 bits per heavy atom. The first-order chi connectivity index (χ1) is 9.67. The largest absolute Gasteiger partial charge is 0.481 e. The second-order valence-corrected chi connectivity index (χ2v) is 5.89. The summed E-state index contributed by atoms with van der Waals surface area (Å²) in [7, 11) is 0. The third-order valence-corrected chi connectivity index (χ3v) is 4.59. The molecule has 1 aromatic carbocycles. The third-order valence-electron chi connectivity index (χ3n) is 4.59. The van der Waals surface area contributed by atoms with Crippen LogP contribution in [0.25, 0.3) is 0 Å². The maximum atomic E-state index is 10.9. The lowest BCUT2D eigenvalue weighted by molar-refractivity contribution is -0.138. The summed E-state index contributed by atoms with van der Waals surface area (Å²) in [5, 5.41) is 17.8. The first-order valence-corrected chi connectivity index (χ1v) is 7.17. The number of rotatable bonds is 3. The van der Waals surface area contributed by atoms with Crippen molar-refractivity contribution in [2.45, 2.75) is 44.2 Å². The van der Waals surface area contributed by atoms with E-state index < -0.39 is 5.97 Å². The van der Waals surface area contributed by atoms with E-state index in [1.54, 1.807) is 0 Å². The summed E-state index contributed by atoms with van der Waals surface area (Å²) in [4.78, 5) is 13.3. The van der Waals surface area contributed by atoms with E-state index in [4.69, 9.17) is 10.4 Å². The summed E-state index contributed by atoms with van der Waals surface area (Å²) >= 11 is 0. The monoisotopic (exact) mass is 270 g/mol. The predicted octanol–water partition coefficient (Wildman–Crippen LogP) is 2.78. The van der Waals surface area contributed by atoms with Crippen LogP contribution in [0.1, 0.15) is 37.7 Å². The van der Waals surface area contributed by atoms with Gasteiger partial charge in [-0.15, -0.1) is 0 Å². The molecule has 0 amide bonds. The summed E-state index contributed by atoms with van der Waals surface area (Å²) in [6.07, 6.45) is 4.56. The van der Waals surface area contributed by atoms with Crippen molar-refractivity contribution < 1.29 is 9.90 Å². The zero-order valence-electron chi connectivity index (χ0n) is 11.3. The van der Waals surface area contributed by atoms with Crippen molar-refractivity contribution in [3.05, 3.63) is 29.8 Å². The zero-order chi connectivity index (χ0) is 14.1. The summed E-state index contributed by atoms with van der Waals surface area (Å²) < 4.78 is 0. The van der Waals surface area contributed by atoms with Gasteiger partial charge < -0.3 is 10.0 Å². The zero-order valence-corrected chi connectivity index (χ0v) is 11.3. The van der Waals surface area contributed by atoms with Gasteiger partial charge in [-0.2, -0.15) is 5.26 Å². The fourth-order valence-electron chi connectivity index (χ4n) is 3.83. The molecule has 20 heavy (non-hydrogen) atoms. The number of carboxylic acid groups (broad SMARTS) is 1. The van der Waals surface area contributed by atoms with Crippen LogP contribution in [0, 0.1) is 17.2 Å². The molecule has 0 saturated carbocycles. The summed E-state index contributed by atoms with van der Waals surface area (Å²) in [6.45, 7) is 0. The van der Waals surface area contributed by atoms with E-state index in [2.05, 4.69) is 11.0 Å². The molecule has 2 fully saturated rings. The Hall–Kier alpha value is -2.02. The van der Waals surface area contributed by atoms with E-state index in [-0.39, 0.29) is 0 Å². The van der Waals surface area contributed by atoms with Gasteiger partial charge in [-0.25, -0.2) is 0 Å². The second kappa shape index (κ2) is 5.16. The Bertz CT molecular complexity index is 533. The number of nitrogens with zero attached hydrogens (tertiary/aromatic N) is 2. The van der Waals surface area contributed by atoms with Gasteiger partial charge in [0.1, 0.15) is 0 Å². The number of anilines is 1. The number of hydrogen-bond donors (Lipinski definition) is 1. The highest BCUT2D eigenvalue weighted by atomic mass is 16.4. The Kier molecular flexibility index (Phi) is 3.35. The maximum absolute atomic E-state index is 10.9. The van der Waals surface area contributed by atoms with Crippen molar-refractivity contribution in [2.24, 2.45) is 5.92 Å². The molecule has 4 nitrogen and oxygen atoms in total. The van der Waals surface area contributed by atoms with E-state index in [1.807, 2.05) is 24.3 Å². The van der Waals surface area contributed by atoms with Crippen LogP contribution in [-0.4, -0.2) is 23.2 Å². The standard InChI is InChI=1S/C16H18N2O2/c17-10-11-1-3-13(4-2-11)18-14-5-6-15(18)8-12(7-14)9-16(19)20/h1-4,12,14-15H,5-9H2,(H,19,20). The molecular weight excluding hydrogens is 252 g/mol. The average Bonchev–Trinajstić information content (AvgIpc) is 2.70. The second-order valence-electron chi connectivity index (χ2n) is 5.89. The minimum Gasteiger partial charge on any atom is -0.481 e. The van der Waals surface area contributed by atoms with Crippen LogP contribution >= 0.6 is 0 Å². The number of nitriles is 1. The van der Waals surface area contributed by atoms with Crippen molar-refractivity contribution in [3.8, 4) is 6.07 Å². The van der Waals surface area contributed by atoms with Crippen molar-refractivity contribution in [3.63, 3.8) is 0 Å². The number of hydrogen-bond acceptors (Lipinski definition) is 3. The Morgan fingerprint density at radius 2 is 1.85 bits per heavy atom. The molecule has 2 bridgehead atoms. The van der Waals surface area contributed by atoms with Gasteiger partial charge in [-0.1, -0.05) is 0 Å². The average molecular weight is 270 g/mol. The van der Waals surface area contributed by atoms with Crippen LogP contribution in [0.5, 0.6) is 0 Å². The highest BCUT2D eigenvalue weighted by Gasteiger charge is 2.41. The minimum atomic E-state index is -0.679. The van der Waals surface area contributed by atoms with Gasteiger partial charge in [-0.3, -0.25) is 4.79 Å². The third kappa shape index (κ3) is 2.36. The number of piperidine rings is 1. The number of benzene rings is 1. The van der Waals surface area contributed by atoms with Crippen LogP contribution in [0.2, 0.25) is 0 Å². The Labute approximate surface area is 118 Å². The first-order valence-electron chi connectivity index (χ1n) is 7.17. The van der Waals surface area contributed by atoms with Crippen LogP contribution < -0.4 is 4.90 Å². The van der Waals surface area contributed by atoms with Gasteiger partial charge in [-0.05, 0) is 55.9 Å². The molecule has 1 N–H and O–H groups in total. The molecule has 1 aromatic rings. The molecule has 0 spiro atoms. The summed E-state index contributed by atoms with van der Waals surface area (Å²) in [5.41, 5.74) is 1.85.